The number of carbonyl (C=O) groups excluding carboxylic acids is 2. The van der Waals surface area contributed by atoms with Gasteiger partial charge in [-0.05, 0) is 31.2 Å². The van der Waals surface area contributed by atoms with Gasteiger partial charge in [-0.3, -0.25) is 9.59 Å². The van der Waals surface area contributed by atoms with Crippen molar-refractivity contribution in [2.24, 2.45) is 0 Å². The third kappa shape index (κ3) is 6.08. The van der Waals surface area contributed by atoms with E-state index in [1.165, 1.54) is 11.8 Å². The van der Waals surface area contributed by atoms with Crippen LogP contribution < -0.4 is 10.6 Å². The van der Waals surface area contributed by atoms with Crippen LogP contribution in [0.1, 0.15) is 19.2 Å². The Morgan fingerprint density at radius 1 is 1.00 bits per heavy atom. The van der Waals surface area contributed by atoms with E-state index < -0.39 is 0 Å². The minimum Gasteiger partial charge on any atom is -0.326 e. The van der Waals surface area contributed by atoms with E-state index in [0.717, 1.165) is 11.5 Å². The molecule has 2 aromatic carbocycles. The minimum atomic E-state index is -0.178. The van der Waals surface area contributed by atoms with Gasteiger partial charge >= 0.3 is 0 Å². The van der Waals surface area contributed by atoms with Crippen LogP contribution in [0.5, 0.6) is 0 Å². The average Bonchev–Trinajstić information content (AvgIpc) is 3.15. The molecule has 0 atom stereocenters. The van der Waals surface area contributed by atoms with Gasteiger partial charge in [-0.2, -0.15) is 0 Å². The Morgan fingerprint density at radius 3 is 2.47 bits per heavy atom. The Hall–Kier alpha value is -2.84. The standard InChI is InChI=1S/C21H22ClN5O2S/c1-2-27-18(12-13-19(28)23-15-8-4-3-5-9-15)25-26-21(27)30-14-20(29)24-17-11-7-6-10-16(17)22/h3-11H,2,12-14H2,1H3,(H,23,28)(H,24,29). The maximum absolute atomic E-state index is 12.2. The van der Waals surface area contributed by atoms with E-state index in [-0.39, 0.29) is 17.6 Å². The lowest BCUT2D eigenvalue weighted by molar-refractivity contribution is -0.116. The predicted octanol–water partition coefficient (Wildman–Crippen LogP) is 4.25. The molecule has 0 radical (unpaired) electrons. The molecule has 0 saturated heterocycles. The van der Waals surface area contributed by atoms with Crippen LogP contribution in [0, 0.1) is 0 Å². The number of aryl methyl sites for hydroxylation is 1. The Labute approximate surface area is 184 Å². The average molecular weight is 444 g/mol. The summed E-state index contributed by atoms with van der Waals surface area (Å²) in [6.07, 6.45) is 0.760. The van der Waals surface area contributed by atoms with Crippen LogP contribution in [0.4, 0.5) is 11.4 Å². The second-order valence-corrected chi connectivity index (χ2v) is 7.72. The molecule has 7 nitrogen and oxygen atoms in total. The molecule has 0 aliphatic heterocycles. The largest absolute Gasteiger partial charge is 0.326 e. The molecule has 30 heavy (non-hydrogen) atoms. The molecule has 0 spiro atoms. The van der Waals surface area contributed by atoms with E-state index in [1.807, 2.05) is 47.9 Å². The summed E-state index contributed by atoms with van der Waals surface area (Å²) in [5.41, 5.74) is 1.34. The maximum atomic E-state index is 12.2. The van der Waals surface area contributed by atoms with Gasteiger partial charge in [0.05, 0.1) is 16.5 Å². The van der Waals surface area contributed by atoms with Gasteiger partial charge in [-0.1, -0.05) is 53.7 Å². The number of benzene rings is 2. The van der Waals surface area contributed by atoms with Crippen molar-refractivity contribution in [2.75, 3.05) is 16.4 Å². The molecule has 0 saturated carbocycles. The fourth-order valence-electron chi connectivity index (χ4n) is 2.78. The maximum Gasteiger partial charge on any atom is 0.234 e. The lowest BCUT2D eigenvalue weighted by Gasteiger charge is -2.09. The number of carbonyl (C=O) groups is 2. The van der Waals surface area contributed by atoms with E-state index in [1.54, 1.807) is 18.2 Å². The number of hydrogen-bond acceptors (Lipinski definition) is 5. The zero-order valence-corrected chi connectivity index (χ0v) is 18.0. The Bertz CT molecular complexity index is 1010. The molecule has 3 aromatic rings. The molecular formula is C21H22ClN5O2S. The number of nitrogens with zero attached hydrogens (tertiary/aromatic N) is 3. The highest BCUT2D eigenvalue weighted by molar-refractivity contribution is 7.99. The number of para-hydroxylation sites is 2. The van der Waals surface area contributed by atoms with Gasteiger partial charge in [0.2, 0.25) is 11.8 Å². The molecule has 0 bridgehead atoms. The number of nitrogens with one attached hydrogen (secondary N) is 2. The molecule has 9 heteroatoms. The smallest absolute Gasteiger partial charge is 0.234 e. The number of thioether (sulfide) groups is 1. The molecule has 3 rings (SSSR count). The van der Waals surface area contributed by atoms with E-state index in [4.69, 9.17) is 11.6 Å². The lowest BCUT2D eigenvalue weighted by Crippen LogP contribution is -2.15. The van der Waals surface area contributed by atoms with Gasteiger partial charge < -0.3 is 15.2 Å². The normalized spacial score (nSPS) is 10.6. The first-order valence-corrected chi connectivity index (χ1v) is 10.9. The van der Waals surface area contributed by atoms with Crippen LogP contribution >= 0.6 is 23.4 Å². The van der Waals surface area contributed by atoms with Crippen LogP contribution in [0.2, 0.25) is 5.02 Å². The molecule has 156 valence electrons. The van der Waals surface area contributed by atoms with Crippen molar-refractivity contribution in [1.82, 2.24) is 14.8 Å². The summed E-state index contributed by atoms with van der Waals surface area (Å²) in [5.74, 6) is 0.634. The van der Waals surface area contributed by atoms with Crippen molar-refractivity contribution in [1.29, 1.82) is 0 Å². The van der Waals surface area contributed by atoms with E-state index in [9.17, 15) is 9.59 Å². The summed E-state index contributed by atoms with van der Waals surface area (Å²) in [6, 6.07) is 16.4. The molecular weight excluding hydrogens is 422 g/mol. The summed E-state index contributed by atoms with van der Waals surface area (Å²) in [6.45, 7) is 2.63. The van der Waals surface area contributed by atoms with Gasteiger partial charge in [0, 0.05) is 25.1 Å². The Kier molecular flexibility index (Phi) is 7.87. The van der Waals surface area contributed by atoms with Crippen LogP contribution in [-0.4, -0.2) is 32.3 Å². The molecule has 0 fully saturated rings. The zero-order valence-electron chi connectivity index (χ0n) is 16.5. The summed E-state index contributed by atoms with van der Waals surface area (Å²) in [4.78, 5) is 24.4. The minimum absolute atomic E-state index is 0.0832. The number of aromatic nitrogens is 3. The second kappa shape index (κ2) is 10.8. The van der Waals surface area contributed by atoms with Gasteiger partial charge in [0.1, 0.15) is 5.82 Å². The third-order valence-electron chi connectivity index (χ3n) is 4.22. The van der Waals surface area contributed by atoms with Gasteiger partial charge in [0.15, 0.2) is 5.16 Å². The van der Waals surface area contributed by atoms with Crippen molar-refractivity contribution in [3.8, 4) is 0 Å². The highest BCUT2D eigenvalue weighted by atomic mass is 35.5. The van der Waals surface area contributed by atoms with Crippen LogP contribution in [0.25, 0.3) is 0 Å². The monoisotopic (exact) mass is 443 g/mol. The highest BCUT2D eigenvalue weighted by Gasteiger charge is 2.15. The number of hydrogen-bond donors (Lipinski definition) is 2. The van der Waals surface area contributed by atoms with E-state index >= 15 is 0 Å². The van der Waals surface area contributed by atoms with Crippen molar-refractivity contribution in [3.63, 3.8) is 0 Å². The Morgan fingerprint density at radius 2 is 1.73 bits per heavy atom. The topological polar surface area (TPSA) is 88.9 Å². The third-order valence-corrected chi connectivity index (χ3v) is 5.52. The van der Waals surface area contributed by atoms with Gasteiger partial charge in [-0.25, -0.2) is 0 Å². The number of rotatable bonds is 9. The first kappa shape index (κ1) is 21.9. The van der Waals surface area contributed by atoms with E-state index in [0.29, 0.717) is 35.3 Å². The molecule has 0 aliphatic carbocycles. The number of amides is 2. The van der Waals surface area contributed by atoms with Crippen LogP contribution in [-0.2, 0) is 22.6 Å². The molecule has 1 aromatic heterocycles. The summed E-state index contributed by atoms with van der Waals surface area (Å²) in [5, 5.41) is 15.2. The summed E-state index contributed by atoms with van der Waals surface area (Å²) < 4.78 is 1.92. The number of anilines is 2. The zero-order chi connectivity index (χ0) is 21.3. The van der Waals surface area contributed by atoms with Crippen molar-refractivity contribution < 1.29 is 9.59 Å². The Balaban J connectivity index is 1.53. The molecule has 2 amide bonds. The fourth-order valence-corrected chi connectivity index (χ4v) is 3.78. The quantitative estimate of drug-likeness (QED) is 0.482. The number of halogens is 1. The predicted molar refractivity (Wildman–Crippen MR) is 120 cm³/mol. The molecule has 0 aliphatic rings. The second-order valence-electron chi connectivity index (χ2n) is 6.37. The lowest BCUT2D eigenvalue weighted by atomic mass is 10.2. The summed E-state index contributed by atoms with van der Waals surface area (Å²) >= 11 is 7.36. The van der Waals surface area contributed by atoms with Gasteiger partial charge in [-0.15, -0.1) is 10.2 Å². The molecule has 2 N–H and O–H groups in total. The van der Waals surface area contributed by atoms with Crippen LogP contribution in [0.15, 0.2) is 59.8 Å². The first-order chi connectivity index (χ1) is 14.6. The summed E-state index contributed by atoms with van der Waals surface area (Å²) in [7, 11) is 0. The fraction of sp³-hybridized carbons (Fsp3) is 0.238. The van der Waals surface area contributed by atoms with Crippen molar-refractivity contribution in [2.45, 2.75) is 31.5 Å². The molecule has 1 heterocycles. The first-order valence-electron chi connectivity index (χ1n) is 9.51. The van der Waals surface area contributed by atoms with E-state index in [2.05, 4.69) is 20.8 Å². The van der Waals surface area contributed by atoms with Crippen molar-refractivity contribution >= 4 is 46.6 Å². The SMILES string of the molecule is CCn1c(CCC(=O)Nc2ccccc2)nnc1SCC(=O)Nc1ccccc1Cl. The molecule has 0 unspecified atom stereocenters. The van der Waals surface area contributed by atoms with Gasteiger partial charge in [0.25, 0.3) is 0 Å². The van der Waals surface area contributed by atoms with Crippen molar-refractivity contribution in [3.05, 3.63) is 65.4 Å². The highest BCUT2D eigenvalue weighted by Crippen LogP contribution is 2.22. The van der Waals surface area contributed by atoms with Crippen LogP contribution in [0.3, 0.4) is 0 Å².